The Balaban J connectivity index is 1.65. The number of ether oxygens (including phenoxy) is 2. The van der Waals surface area contributed by atoms with Gasteiger partial charge in [0.05, 0.1) is 17.1 Å². The molecular formula is C24H19NO6. The largest absolute Gasteiger partial charge is 0.493 e. The summed E-state index contributed by atoms with van der Waals surface area (Å²) in [6, 6.07) is 18.7. The number of carbonyl (C=O) groups is 2. The van der Waals surface area contributed by atoms with Crippen LogP contribution >= 0.6 is 0 Å². The third kappa shape index (κ3) is 5.63. The molecule has 0 saturated carbocycles. The van der Waals surface area contributed by atoms with Crippen molar-refractivity contribution in [2.45, 2.75) is 6.92 Å². The van der Waals surface area contributed by atoms with Crippen LogP contribution in [0.2, 0.25) is 0 Å². The minimum absolute atomic E-state index is 0.114. The molecule has 31 heavy (non-hydrogen) atoms. The van der Waals surface area contributed by atoms with Crippen LogP contribution in [0.1, 0.15) is 33.2 Å². The zero-order valence-electron chi connectivity index (χ0n) is 16.7. The first-order valence-electron chi connectivity index (χ1n) is 9.49. The van der Waals surface area contributed by atoms with Gasteiger partial charge in [-0.15, -0.1) is 0 Å². The average molecular weight is 417 g/mol. The Bertz CT molecular complexity index is 1120. The lowest BCUT2D eigenvalue weighted by Crippen LogP contribution is -2.08. The zero-order valence-corrected chi connectivity index (χ0v) is 16.7. The molecule has 0 amide bonds. The Morgan fingerprint density at radius 2 is 1.58 bits per heavy atom. The number of ketones is 1. The van der Waals surface area contributed by atoms with E-state index in [1.165, 1.54) is 42.5 Å². The molecular weight excluding hydrogens is 398 g/mol. The van der Waals surface area contributed by atoms with Gasteiger partial charge >= 0.3 is 5.97 Å². The van der Waals surface area contributed by atoms with Crippen LogP contribution in [-0.4, -0.2) is 23.3 Å². The number of nitro groups is 1. The van der Waals surface area contributed by atoms with E-state index in [2.05, 4.69) is 0 Å². The van der Waals surface area contributed by atoms with Crippen molar-refractivity contribution in [3.63, 3.8) is 0 Å². The van der Waals surface area contributed by atoms with Gasteiger partial charge in [0.2, 0.25) is 0 Å². The van der Waals surface area contributed by atoms with Crippen LogP contribution in [0.5, 0.6) is 11.5 Å². The van der Waals surface area contributed by atoms with Crippen LogP contribution in [0.15, 0.2) is 78.9 Å². The van der Waals surface area contributed by atoms with Crippen molar-refractivity contribution in [2.75, 3.05) is 6.61 Å². The molecule has 0 bridgehead atoms. The molecule has 0 saturated heterocycles. The van der Waals surface area contributed by atoms with Crippen molar-refractivity contribution in [1.29, 1.82) is 0 Å². The van der Waals surface area contributed by atoms with E-state index in [4.69, 9.17) is 9.47 Å². The molecule has 0 aliphatic heterocycles. The zero-order chi connectivity index (χ0) is 22.2. The number of nitrogens with zero attached hydrogens (tertiary/aromatic N) is 1. The van der Waals surface area contributed by atoms with Crippen LogP contribution in [0, 0.1) is 10.1 Å². The van der Waals surface area contributed by atoms with E-state index in [9.17, 15) is 19.7 Å². The summed E-state index contributed by atoms with van der Waals surface area (Å²) >= 11 is 0. The highest BCUT2D eigenvalue weighted by Crippen LogP contribution is 2.21. The quantitative estimate of drug-likeness (QED) is 0.126. The first-order chi connectivity index (χ1) is 15.0. The van der Waals surface area contributed by atoms with Gasteiger partial charge < -0.3 is 9.47 Å². The Kier molecular flexibility index (Phi) is 6.90. The number of non-ortho nitro benzene ring substituents is 1. The fourth-order valence-electron chi connectivity index (χ4n) is 2.74. The second-order valence-electron chi connectivity index (χ2n) is 6.39. The number of hydrogen-bond acceptors (Lipinski definition) is 6. The molecule has 7 nitrogen and oxygen atoms in total. The molecule has 0 aliphatic carbocycles. The molecule has 3 aromatic carbocycles. The second kappa shape index (κ2) is 9.98. The summed E-state index contributed by atoms with van der Waals surface area (Å²) in [4.78, 5) is 34.8. The lowest BCUT2D eigenvalue weighted by molar-refractivity contribution is -0.384. The van der Waals surface area contributed by atoms with Gasteiger partial charge in [-0.05, 0) is 61.5 Å². The van der Waals surface area contributed by atoms with Crippen LogP contribution in [0.4, 0.5) is 5.69 Å². The maximum absolute atomic E-state index is 12.4. The van der Waals surface area contributed by atoms with Gasteiger partial charge in [0.25, 0.3) is 5.69 Å². The number of benzene rings is 3. The van der Waals surface area contributed by atoms with E-state index in [-0.39, 0.29) is 22.8 Å². The lowest BCUT2D eigenvalue weighted by Gasteiger charge is -2.06. The summed E-state index contributed by atoms with van der Waals surface area (Å²) in [5.41, 5.74) is 1.30. The van der Waals surface area contributed by atoms with Crippen LogP contribution < -0.4 is 9.47 Å². The maximum Gasteiger partial charge on any atom is 0.343 e. The van der Waals surface area contributed by atoms with Crippen LogP contribution in [0.3, 0.4) is 0 Å². The summed E-state index contributed by atoms with van der Waals surface area (Å²) in [5, 5.41) is 10.7. The summed E-state index contributed by atoms with van der Waals surface area (Å²) in [5.74, 6) is 0.0917. The molecule has 3 aromatic rings. The Labute approximate surface area is 178 Å². The van der Waals surface area contributed by atoms with Gasteiger partial charge in [-0.25, -0.2) is 4.79 Å². The summed E-state index contributed by atoms with van der Waals surface area (Å²) in [6.07, 6.45) is 3.14. The van der Waals surface area contributed by atoms with Gasteiger partial charge in [0.15, 0.2) is 5.78 Å². The predicted molar refractivity (Wildman–Crippen MR) is 115 cm³/mol. The van der Waals surface area contributed by atoms with E-state index in [1.54, 1.807) is 18.2 Å². The van der Waals surface area contributed by atoms with Gasteiger partial charge in [-0.2, -0.15) is 0 Å². The van der Waals surface area contributed by atoms with Gasteiger partial charge in [0, 0.05) is 23.3 Å². The Morgan fingerprint density at radius 3 is 2.23 bits per heavy atom. The van der Waals surface area contributed by atoms with E-state index >= 15 is 0 Å². The van der Waals surface area contributed by atoms with Crippen molar-refractivity contribution in [1.82, 2.24) is 0 Å². The van der Waals surface area contributed by atoms with Gasteiger partial charge in [-0.3, -0.25) is 14.9 Å². The molecule has 0 aromatic heterocycles. The molecule has 3 rings (SSSR count). The van der Waals surface area contributed by atoms with E-state index in [0.29, 0.717) is 17.9 Å². The highest BCUT2D eigenvalue weighted by molar-refractivity contribution is 6.07. The van der Waals surface area contributed by atoms with E-state index < -0.39 is 10.9 Å². The molecule has 156 valence electrons. The van der Waals surface area contributed by atoms with Crippen molar-refractivity contribution in [3.05, 3.63) is 106 Å². The van der Waals surface area contributed by atoms with Crippen molar-refractivity contribution < 1.29 is 24.0 Å². The molecule has 0 aliphatic rings. The SMILES string of the molecule is CCOc1ccccc1/C=C/C(=O)c1ccc(OC(=O)c2ccc([N+](=O)[O-])cc2)cc1. The number of carbonyl (C=O) groups excluding carboxylic acids is 2. The average Bonchev–Trinajstić information content (AvgIpc) is 2.79. The fraction of sp³-hybridized carbons (Fsp3) is 0.0833. The fourth-order valence-corrected chi connectivity index (χ4v) is 2.74. The Morgan fingerprint density at radius 1 is 0.935 bits per heavy atom. The minimum Gasteiger partial charge on any atom is -0.493 e. The second-order valence-corrected chi connectivity index (χ2v) is 6.39. The number of esters is 1. The van der Waals surface area contributed by atoms with Crippen LogP contribution in [-0.2, 0) is 0 Å². The van der Waals surface area contributed by atoms with Crippen molar-refractivity contribution in [3.8, 4) is 11.5 Å². The van der Waals surface area contributed by atoms with Crippen LogP contribution in [0.25, 0.3) is 6.08 Å². The minimum atomic E-state index is -0.651. The molecule has 7 heteroatoms. The molecule has 0 atom stereocenters. The lowest BCUT2D eigenvalue weighted by atomic mass is 10.1. The molecule has 0 fully saturated rings. The normalized spacial score (nSPS) is 10.6. The van der Waals surface area contributed by atoms with E-state index in [1.807, 2.05) is 31.2 Å². The molecule has 0 radical (unpaired) electrons. The Hall–Kier alpha value is -4.26. The summed E-state index contributed by atoms with van der Waals surface area (Å²) in [7, 11) is 0. The predicted octanol–water partition coefficient (Wildman–Crippen LogP) is 5.11. The highest BCUT2D eigenvalue weighted by atomic mass is 16.6. The molecule has 0 unspecified atom stereocenters. The molecule has 0 spiro atoms. The van der Waals surface area contributed by atoms with Crippen molar-refractivity contribution >= 4 is 23.5 Å². The smallest absolute Gasteiger partial charge is 0.343 e. The number of hydrogen-bond donors (Lipinski definition) is 0. The molecule has 0 N–H and O–H groups in total. The number of para-hydroxylation sites is 1. The topological polar surface area (TPSA) is 95.7 Å². The van der Waals surface area contributed by atoms with Gasteiger partial charge in [0.1, 0.15) is 11.5 Å². The highest BCUT2D eigenvalue weighted by Gasteiger charge is 2.12. The monoisotopic (exact) mass is 417 g/mol. The van der Waals surface area contributed by atoms with Gasteiger partial charge in [-0.1, -0.05) is 18.2 Å². The summed E-state index contributed by atoms with van der Waals surface area (Å²) < 4.78 is 10.8. The van der Waals surface area contributed by atoms with Crippen molar-refractivity contribution in [2.24, 2.45) is 0 Å². The third-order valence-electron chi connectivity index (χ3n) is 4.30. The number of nitro benzene ring substituents is 1. The first-order valence-corrected chi connectivity index (χ1v) is 9.49. The maximum atomic E-state index is 12.4. The standard InChI is InChI=1S/C24H19NO6/c1-2-30-23-6-4-3-5-18(23)11-16-22(26)17-9-14-21(15-10-17)31-24(27)19-7-12-20(13-8-19)25(28)29/h3-16H,2H2,1H3/b16-11+. The number of allylic oxidation sites excluding steroid dienone is 1. The van der Waals surface area contributed by atoms with E-state index in [0.717, 1.165) is 5.56 Å². The summed E-state index contributed by atoms with van der Waals surface area (Å²) in [6.45, 7) is 2.42. The third-order valence-corrected chi connectivity index (χ3v) is 4.30. The first kappa shape index (κ1) is 21.4. The number of rotatable bonds is 8. The molecule has 0 heterocycles.